The van der Waals surface area contributed by atoms with Crippen LogP contribution in [0.1, 0.15) is 41.5 Å². The van der Waals surface area contributed by atoms with Crippen LogP contribution in [0.3, 0.4) is 0 Å². The van der Waals surface area contributed by atoms with Crippen LogP contribution < -0.4 is 11.3 Å². The third-order valence-electron chi connectivity index (χ3n) is 3.31. The van der Waals surface area contributed by atoms with Gasteiger partial charge in [-0.2, -0.15) is 0 Å². The number of nitrogens with two attached hydrogens (primary N) is 1. The van der Waals surface area contributed by atoms with E-state index in [0.29, 0.717) is 0 Å². The van der Waals surface area contributed by atoms with Gasteiger partial charge in [-0.3, -0.25) is 5.84 Å². The normalized spacial score (nSPS) is 12.6. The molecule has 0 amide bonds. The summed E-state index contributed by atoms with van der Waals surface area (Å²) in [7, 11) is 0. The van der Waals surface area contributed by atoms with Gasteiger partial charge in [0.1, 0.15) is 0 Å². The van der Waals surface area contributed by atoms with Crippen molar-refractivity contribution in [2.24, 2.45) is 5.84 Å². The molecule has 96 valence electrons. The summed E-state index contributed by atoms with van der Waals surface area (Å²) in [4.78, 5) is 1.32. The summed E-state index contributed by atoms with van der Waals surface area (Å²) in [6, 6.07) is 11.0. The lowest BCUT2D eigenvalue weighted by Crippen LogP contribution is -2.28. The monoisotopic (exact) mass is 260 g/mol. The molecule has 0 aliphatic carbocycles. The third kappa shape index (κ3) is 2.64. The van der Waals surface area contributed by atoms with E-state index >= 15 is 0 Å². The molecule has 1 unspecified atom stereocenters. The lowest BCUT2D eigenvalue weighted by Gasteiger charge is -2.17. The Bertz CT molecular complexity index is 487. The summed E-state index contributed by atoms with van der Waals surface area (Å²) >= 11 is 1.77. The smallest absolute Gasteiger partial charge is 0.0805 e. The van der Waals surface area contributed by atoms with E-state index in [9.17, 15) is 0 Å². The van der Waals surface area contributed by atoms with E-state index < -0.39 is 0 Å². The zero-order valence-electron chi connectivity index (χ0n) is 10.9. The molecule has 0 aliphatic rings. The number of hydrogen-bond donors (Lipinski definition) is 2. The van der Waals surface area contributed by atoms with E-state index in [1.807, 2.05) is 0 Å². The molecule has 2 aromatic rings. The van der Waals surface area contributed by atoms with Gasteiger partial charge in [0.05, 0.1) is 6.04 Å². The maximum atomic E-state index is 5.75. The first-order valence-corrected chi connectivity index (χ1v) is 7.29. The number of hydrazine groups is 1. The van der Waals surface area contributed by atoms with Crippen molar-refractivity contribution in [1.29, 1.82) is 0 Å². The molecule has 3 heteroatoms. The molecule has 1 aromatic carbocycles. The molecule has 1 heterocycles. The van der Waals surface area contributed by atoms with Gasteiger partial charge in [0.2, 0.25) is 0 Å². The van der Waals surface area contributed by atoms with Crippen molar-refractivity contribution in [3.8, 4) is 0 Å². The highest BCUT2D eigenvalue weighted by atomic mass is 32.1. The second kappa shape index (κ2) is 6.14. The van der Waals surface area contributed by atoms with Gasteiger partial charge in [0.25, 0.3) is 0 Å². The molecule has 1 atom stereocenters. The highest BCUT2D eigenvalue weighted by Gasteiger charge is 2.16. The Morgan fingerprint density at radius 3 is 2.39 bits per heavy atom. The van der Waals surface area contributed by atoms with Crippen LogP contribution in [-0.2, 0) is 12.8 Å². The fourth-order valence-electron chi connectivity index (χ4n) is 2.16. The molecule has 0 saturated carbocycles. The first kappa shape index (κ1) is 13.3. The van der Waals surface area contributed by atoms with Crippen molar-refractivity contribution in [1.82, 2.24) is 5.43 Å². The molecule has 18 heavy (non-hydrogen) atoms. The van der Waals surface area contributed by atoms with Crippen molar-refractivity contribution < 1.29 is 0 Å². The SMILES string of the molecule is CCc1ccc(C(NN)c2sccc2CC)cc1. The lowest BCUT2D eigenvalue weighted by atomic mass is 10.0. The van der Waals surface area contributed by atoms with Crippen LogP contribution in [0.4, 0.5) is 0 Å². The maximum Gasteiger partial charge on any atom is 0.0805 e. The zero-order valence-corrected chi connectivity index (χ0v) is 11.8. The standard InChI is InChI=1S/C15H20N2S/c1-3-11-5-7-13(8-6-11)14(17-16)15-12(4-2)9-10-18-15/h5-10,14,17H,3-4,16H2,1-2H3. The van der Waals surface area contributed by atoms with Crippen molar-refractivity contribution in [2.45, 2.75) is 32.7 Å². The van der Waals surface area contributed by atoms with Crippen LogP contribution in [0.5, 0.6) is 0 Å². The Labute approximate surface area is 113 Å². The Hall–Kier alpha value is -1.16. The molecule has 0 spiro atoms. The second-order valence-corrected chi connectivity index (χ2v) is 5.31. The van der Waals surface area contributed by atoms with Crippen LogP contribution in [0, 0.1) is 0 Å². The van der Waals surface area contributed by atoms with Crippen LogP contribution >= 0.6 is 11.3 Å². The van der Waals surface area contributed by atoms with Gasteiger partial charge < -0.3 is 0 Å². The second-order valence-electron chi connectivity index (χ2n) is 4.36. The predicted octanol–water partition coefficient (Wildman–Crippen LogP) is 3.43. The largest absolute Gasteiger partial charge is 0.271 e. The minimum Gasteiger partial charge on any atom is -0.271 e. The Balaban J connectivity index is 2.32. The quantitative estimate of drug-likeness (QED) is 0.638. The topological polar surface area (TPSA) is 38.0 Å². The molecule has 0 aliphatic heterocycles. The van der Waals surface area contributed by atoms with Crippen molar-refractivity contribution >= 4 is 11.3 Å². The average Bonchev–Trinajstić information content (AvgIpc) is 2.89. The van der Waals surface area contributed by atoms with Gasteiger partial charge in [-0.05, 0) is 41.0 Å². The molecular weight excluding hydrogens is 240 g/mol. The van der Waals surface area contributed by atoms with Crippen molar-refractivity contribution in [3.05, 3.63) is 57.3 Å². The summed E-state index contributed by atoms with van der Waals surface area (Å²) in [5.41, 5.74) is 6.91. The zero-order chi connectivity index (χ0) is 13.0. The molecule has 0 bridgehead atoms. The van der Waals surface area contributed by atoms with Crippen LogP contribution in [0.15, 0.2) is 35.7 Å². The fraction of sp³-hybridized carbons (Fsp3) is 0.333. The molecule has 0 fully saturated rings. The van der Waals surface area contributed by atoms with Gasteiger partial charge in [0, 0.05) is 4.88 Å². The molecule has 2 rings (SSSR count). The first-order chi connectivity index (χ1) is 8.80. The predicted molar refractivity (Wildman–Crippen MR) is 78.7 cm³/mol. The first-order valence-electron chi connectivity index (χ1n) is 6.41. The van der Waals surface area contributed by atoms with E-state index in [-0.39, 0.29) is 6.04 Å². The number of hydrogen-bond acceptors (Lipinski definition) is 3. The van der Waals surface area contributed by atoms with Gasteiger partial charge in [-0.1, -0.05) is 38.1 Å². The van der Waals surface area contributed by atoms with Gasteiger partial charge >= 0.3 is 0 Å². The minimum atomic E-state index is 0.103. The van der Waals surface area contributed by atoms with E-state index in [1.54, 1.807) is 11.3 Å². The molecule has 1 aromatic heterocycles. The highest BCUT2D eigenvalue weighted by molar-refractivity contribution is 7.10. The van der Waals surface area contributed by atoms with Crippen molar-refractivity contribution in [2.75, 3.05) is 0 Å². The van der Waals surface area contributed by atoms with E-state index in [2.05, 4.69) is 55.0 Å². The van der Waals surface area contributed by atoms with Crippen LogP contribution in [-0.4, -0.2) is 0 Å². The fourth-order valence-corrected chi connectivity index (χ4v) is 3.24. The lowest BCUT2D eigenvalue weighted by molar-refractivity contribution is 0.641. The van der Waals surface area contributed by atoms with E-state index in [0.717, 1.165) is 12.8 Å². The molecule has 3 N–H and O–H groups in total. The third-order valence-corrected chi connectivity index (χ3v) is 4.34. The molecule has 0 radical (unpaired) electrons. The van der Waals surface area contributed by atoms with Gasteiger partial charge in [-0.25, -0.2) is 5.43 Å². The average molecular weight is 260 g/mol. The van der Waals surface area contributed by atoms with Crippen LogP contribution in [0.25, 0.3) is 0 Å². The van der Waals surface area contributed by atoms with E-state index in [4.69, 9.17) is 5.84 Å². The van der Waals surface area contributed by atoms with Gasteiger partial charge in [0.15, 0.2) is 0 Å². The summed E-state index contributed by atoms with van der Waals surface area (Å²) in [6.07, 6.45) is 2.12. The number of benzene rings is 1. The summed E-state index contributed by atoms with van der Waals surface area (Å²) in [5, 5.41) is 2.14. The van der Waals surface area contributed by atoms with E-state index in [1.165, 1.54) is 21.6 Å². The molecule has 2 nitrogen and oxygen atoms in total. The van der Waals surface area contributed by atoms with Crippen LogP contribution in [0.2, 0.25) is 0 Å². The summed E-state index contributed by atoms with van der Waals surface area (Å²) in [6.45, 7) is 4.35. The highest BCUT2D eigenvalue weighted by Crippen LogP contribution is 2.29. The number of rotatable bonds is 5. The van der Waals surface area contributed by atoms with Crippen molar-refractivity contribution in [3.63, 3.8) is 0 Å². The maximum absolute atomic E-state index is 5.75. The Morgan fingerprint density at radius 2 is 1.83 bits per heavy atom. The number of aryl methyl sites for hydroxylation is 2. The minimum absolute atomic E-state index is 0.103. The Morgan fingerprint density at radius 1 is 1.11 bits per heavy atom. The number of nitrogens with one attached hydrogen (secondary N) is 1. The molecular formula is C15H20N2S. The van der Waals surface area contributed by atoms with Gasteiger partial charge in [-0.15, -0.1) is 11.3 Å². The Kier molecular flexibility index (Phi) is 4.53. The summed E-state index contributed by atoms with van der Waals surface area (Å²) in [5.74, 6) is 5.75. The summed E-state index contributed by atoms with van der Waals surface area (Å²) < 4.78 is 0. The number of thiophene rings is 1. The molecule has 0 saturated heterocycles.